The van der Waals surface area contributed by atoms with Crippen LogP contribution in [-0.4, -0.2) is 28.5 Å². The lowest BCUT2D eigenvalue weighted by Crippen LogP contribution is -2.36. The molecule has 6 heteroatoms. The van der Waals surface area contributed by atoms with Crippen molar-refractivity contribution < 1.29 is 9.53 Å². The van der Waals surface area contributed by atoms with Crippen molar-refractivity contribution in [3.63, 3.8) is 0 Å². The van der Waals surface area contributed by atoms with Crippen LogP contribution in [0, 0.1) is 0 Å². The van der Waals surface area contributed by atoms with Crippen LogP contribution in [0.25, 0.3) is 4.96 Å². The maximum absolute atomic E-state index is 11.4. The van der Waals surface area contributed by atoms with Crippen LogP contribution in [0.1, 0.15) is 19.0 Å². The quantitative estimate of drug-likeness (QED) is 0.819. The highest BCUT2D eigenvalue weighted by Crippen LogP contribution is 2.11. The first-order chi connectivity index (χ1) is 8.24. The van der Waals surface area contributed by atoms with Crippen molar-refractivity contribution >= 4 is 22.3 Å². The molecule has 1 N–H and O–H groups in total. The summed E-state index contributed by atoms with van der Waals surface area (Å²) < 4.78 is 6.68. The molecule has 0 aliphatic rings. The van der Waals surface area contributed by atoms with E-state index in [1.807, 2.05) is 29.1 Å². The maximum Gasteiger partial charge on any atom is 0.322 e. The zero-order valence-corrected chi connectivity index (χ0v) is 10.7. The molecule has 0 radical (unpaired) electrons. The third-order valence-electron chi connectivity index (χ3n) is 2.57. The van der Waals surface area contributed by atoms with E-state index in [1.165, 1.54) is 7.11 Å². The predicted octanol–water partition coefficient (Wildman–Crippen LogP) is 1.44. The Labute approximate surface area is 103 Å². The van der Waals surface area contributed by atoms with Gasteiger partial charge in [-0.15, -0.1) is 11.3 Å². The average Bonchev–Trinajstić information content (AvgIpc) is 2.89. The van der Waals surface area contributed by atoms with E-state index in [2.05, 4.69) is 10.3 Å². The zero-order valence-electron chi connectivity index (χ0n) is 9.84. The van der Waals surface area contributed by atoms with Crippen LogP contribution in [0.4, 0.5) is 0 Å². The van der Waals surface area contributed by atoms with Crippen LogP contribution in [0.2, 0.25) is 0 Å². The topological polar surface area (TPSA) is 55.6 Å². The van der Waals surface area contributed by atoms with Crippen molar-refractivity contribution in [1.82, 2.24) is 14.7 Å². The van der Waals surface area contributed by atoms with Crippen molar-refractivity contribution in [3.8, 4) is 0 Å². The minimum Gasteiger partial charge on any atom is -0.468 e. The number of rotatable bonds is 5. The fraction of sp³-hybridized carbons (Fsp3) is 0.455. The average molecular weight is 253 g/mol. The van der Waals surface area contributed by atoms with Gasteiger partial charge in [0, 0.05) is 24.3 Å². The van der Waals surface area contributed by atoms with Gasteiger partial charge in [-0.05, 0) is 6.42 Å². The van der Waals surface area contributed by atoms with E-state index < -0.39 is 0 Å². The summed E-state index contributed by atoms with van der Waals surface area (Å²) in [4.78, 5) is 16.8. The number of aromatic nitrogens is 2. The number of ether oxygens (including phenoxy) is 1. The molecule has 0 bridgehead atoms. The van der Waals surface area contributed by atoms with Gasteiger partial charge < -0.3 is 4.74 Å². The molecule has 92 valence electrons. The molecule has 17 heavy (non-hydrogen) atoms. The molecular formula is C11H15N3O2S. The van der Waals surface area contributed by atoms with Crippen molar-refractivity contribution in [3.05, 3.63) is 23.5 Å². The first-order valence-electron chi connectivity index (χ1n) is 5.47. The van der Waals surface area contributed by atoms with Gasteiger partial charge >= 0.3 is 5.97 Å². The van der Waals surface area contributed by atoms with E-state index in [1.54, 1.807) is 11.3 Å². The third-order valence-corrected chi connectivity index (χ3v) is 3.34. The maximum atomic E-state index is 11.4. The van der Waals surface area contributed by atoms with Crippen molar-refractivity contribution in [2.75, 3.05) is 7.11 Å². The lowest BCUT2D eigenvalue weighted by Gasteiger charge is -2.12. The molecule has 2 aromatic rings. The third kappa shape index (κ3) is 2.65. The van der Waals surface area contributed by atoms with Gasteiger partial charge in [-0.3, -0.25) is 14.5 Å². The second-order valence-corrected chi connectivity index (χ2v) is 4.56. The standard InChI is InChI=1S/C11H15N3O2S/c1-3-9(10(15)16-2)12-6-8-7-14-4-5-17-11(14)13-8/h4-5,7,9,12H,3,6H2,1-2H3. The lowest BCUT2D eigenvalue weighted by atomic mass is 10.2. The van der Waals surface area contributed by atoms with Crippen LogP contribution < -0.4 is 5.32 Å². The number of hydrogen-bond acceptors (Lipinski definition) is 5. The van der Waals surface area contributed by atoms with Gasteiger partial charge in [-0.25, -0.2) is 4.98 Å². The van der Waals surface area contributed by atoms with Crippen LogP contribution in [0.3, 0.4) is 0 Å². The molecule has 2 rings (SSSR count). The summed E-state index contributed by atoms with van der Waals surface area (Å²) in [6.45, 7) is 2.52. The summed E-state index contributed by atoms with van der Waals surface area (Å²) in [6.07, 6.45) is 4.63. The number of nitrogens with zero attached hydrogens (tertiary/aromatic N) is 2. The Morgan fingerprint density at radius 2 is 2.53 bits per heavy atom. The second kappa shape index (κ2) is 5.29. The molecule has 0 amide bonds. The zero-order chi connectivity index (χ0) is 12.3. The van der Waals surface area contributed by atoms with E-state index in [4.69, 9.17) is 4.74 Å². The molecule has 0 aliphatic heterocycles. The molecule has 1 atom stereocenters. The summed E-state index contributed by atoms with van der Waals surface area (Å²) in [5, 5.41) is 5.13. The van der Waals surface area contributed by atoms with Gasteiger partial charge in [0.05, 0.1) is 12.8 Å². The minimum atomic E-state index is -0.264. The smallest absolute Gasteiger partial charge is 0.322 e. The van der Waals surface area contributed by atoms with E-state index in [-0.39, 0.29) is 12.0 Å². The number of carbonyl (C=O) groups excluding carboxylic acids is 1. The molecule has 0 aromatic carbocycles. The van der Waals surface area contributed by atoms with Gasteiger partial charge in [0.2, 0.25) is 0 Å². The largest absolute Gasteiger partial charge is 0.468 e. The van der Waals surface area contributed by atoms with E-state index in [9.17, 15) is 4.79 Å². The highest BCUT2D eigenvalue weighted by molar-refractivity contribution is 7.15. The molecule has 0 aliphatic carbocycles. The Hall–Kier alpha value is -1.40. The Balaban J connectivity index is 1.97. The number of fused-ring (bicyclic) bond motifs is 1. The molecule has 5 nitrogen and oxygen atoms in total. The van der Waals surface area contributed by atoms with Crippen LogP contribution in [-0.2, 0) is 16.1 Å². The van der Waals surface area contributed by atoms with Gasteiger partial charge in [-0.2, -0.15) is 0 Å². The molecule has 0 saturated carbocycles. The summed E-state index contributed by atoms with van der Waals surface area (Å²) in [5.74, 6) is -0.228. The summed E-state index contributed by atoms with van der Waals surface area (Å²) in [7, 11) is 1.40. The van der Waals surface area contributed by atoms with Crippen molar-refractivity contribution in [2.45, 2.75) is 25.9 Å². The second-order valence-electron chi connectivity index (χ2n) is 3.69. The number of imidazole rings is 1. The number of hydrogen-bond donors (Lipinski definition) is 1. The molecule has 2 heterocycles. The number of thiazole rings is 1. The molecule has 0 fully saturated rings. The summed E-state index contributed by atoms with van der Waals surface area (Å²) in [5.41, 5.74) is 0.930. The Kier molecular flexibility index (Phi) is 3.75. The first kappa shape index (κ1) is 12.1. The minimum absolute atomic E-state index is 0.228. The van der Waals surface area contributed by atoms with Gasteiger partial charge in [0.15, 0.2) is 4.96 Å². The van der Waals surface area contributed by atoms with E-state index in [0.717, 1.165) is 10.7 Å². The summed E-state index contributed by atoms with van der Waals surface area (Å²) in [6, 6.07) is -0.264. The summed E-state index contributed by atoms with van der Waals surface area (Å²) >= 11 is 1.59. The number of methoxy groups -OCH3 is 1. The number of nitrogens with one attached hydrogen (secondary N) is 1. The molecular weight excluding hydrogens is 238 g/mol. The van der Waals surface area contributed by atoms with Crippen molar-refractivity contribution in [2.24, 2.45) is 0 Å². The van der Waals surface area contributed by atoms with Crippen molar-refractivity contribution in [1.29, 1.82) is 0 Å². The number of carbonyl (C=O) groups is 1. The first-order valence-corrected chi connectivity index (χ1v) is 6.35. The normalized spacial score (nSPS) is 12.8. The fourth-order valence-corrected chi connectivity index (χ4v) is 2.34. The molecule has 0 saturated heterocycles. The molecule has 1 unspecified atom stereocenters. The monoisotopic (exact) mass is 253 g/mol. The van der Waals surface area contributed by atoms with Crippen LogP contribution in [0.5, 0.6) is 0 Å². The Morgan fingerprint density at radius 1 is 1.71 bits per heavy atom. The predicted molar refractivity (Wildman–Crippen MR) is 66.0 cm³/mol. The van der Waals surface area contributed by atoms with Gasteiger partial charge in [0.1, 0.15) is 6.04 Å². The SMILES string of the molecule is CCC(NCc1cn2ccsc2n1)C(=O)OC. The lowest BCUT2D eigenvalue weighted by molar-refractivity contribution is -0.143. The Morgan fingerprint density at radius 3 is 3.18 bits per heavy atom. The fourth-order valence-electron chi connectivity index (χ4n) is 1.63. The Bertz CT molecular complexity index is 477. The highest BCUT2D eigenvalue weighted by Gasteiger charge is 2.16. The van der Waals surface area contributed by atoms with Crippen LogP contribution >= 0.6 is 11.3 Å². The van der Waals surface area contributed by atoms with Crippen LogP contribution in [0.15, 0.2) is 17.8 Å². The molecule has 2 aromatic heterocycles. The van der Waals surface area contributed by atoms with Gasteiger partial charge in [0.25, 0.3) is 0 Å². The van der Waals surface area contributed by atoms with E-state index in [0.29, 0.717) is 13.0 Å². The molecule has 0 spiro atoms. The highest BCUT2D eigenvalue weighted by atomic mass is 32.1. The number of esters is 1. The van der Waals surface area contributed by atoms with Gasteiger partial charge in [-0.1, -0.05) is 6.92 Å². The van der Waals surface area contributed by atoms with E-state index >= 15 is 0 Å².